The highest BCUT2D eigenvalue weighted by atomic mass is 16.5. The molecule has 1 N–H and O–H groups in total. The lowest BCUT2D eigenvalue weighted by Crippen LogP contribution is -2.14. The van der Waals surface area contributed by atoms with E-state index in [1.54, 1.807) is 13.8 Å². The number of pyridine rings is 1. The monoisotopic (exact) mass is 474 g/mol. The van der Waals surface area contributed by atoms with Crippen LogP contribution in [0.5, 0.6) is 0 Å². The Bertz CT molecular complexity index is 1430. The number of esters is 2. The van der Waals surface area contributed by atoms with Gasteiger partial charge in [-0.1, -0.05) is 11.6 Å². The number of carbonyl (C=O) groups is 2. The van der Waals surface area contributed by atoms with E-state index in [0.717, 1.165) is 27.6 Å². The van der Waals surface area contributed by atoms with E-state index in [-0.39, 0.29) is 36.0 Å². The summed E-state index contributed by atoms with van der Waals surface area (Å²) in [6.07, 6.45) is 4.04. The third-order valence-corrected chi connectivity index (χ3v) is 5.37. The molecule has 4 aromatic rings. The van der Waals surface area contributed by atoms with Crippen LogP contribution in [0.1, 0.15) is 51.3 Å². The van der Waals surface area contributed by atoms with Crippen molar-refractivity contribution in [1.82, 2.24) is 24.7 Å². The van der Waals surface area contributed by atoms with Crippen LogP contribution in [-0.2, 0) is 9.47 Å². The van der Waals surface area contributed by atoms with Crippen molar-refractivity contribution in [2.24, 2.45) is 0 Å². The Kier molecular flexibility index (Phi) is 6.72. The Balaban J connectivity index is 1.89. The van der Waals surface area contributed by atoms with Gasteiger partial charge in [-0.3, -0.25) is 0 Å². The zero-order chi connectivity index (χ0) is 25.1. The molecule has 0 aliphatic carbocycles. The van der Waals surface area contributed by atoms with Crippen molar-refractivity contribution in [2.45, 2.75) is 34.6 Å². The maximum absolute atomic E-state index is 12.7. The maximum Gasteiger partial charge on any atom is 0.343 e. The molecule has 3 aromatic heterocycles. The van der Waals surface area contributed by atoms with Crippen molar-refractivity contribution in [3.05, 3.63) is 64.7 Å². The highest BCUT2D eigenvalue weighted by Gasteiger charge is 2.24. The molecule has 3 heterocycles. The number of anilines is 2. The third-order valence-electron chi connectivity index (χ3n) is 5.37. The number of nitrogens with zero attached hydrogens (tertiary/aromatic N) is 5. The van der Waals surface area contributed by atoms with Crippen molar-refractivity contribution < 1.29 is 19.1 Å². The van der Waals surface area contributed by atoms with Gasteiger partial charge in [0.05, 0.1) is 24.9 Å². The van der Waals surface area contributed by atoms with Crippen LogP contribution in [0.3, 0.4) is 0 Å². The minimum absolute atomic E-state index is 0.117. The summed E-state index contributed by atoms with van der Waals surface area (Å²) in [5.74, 6) is -0.257. The first kappa shape index (κ1) is 23.8. The molecule has 0 saturated carbocycles. The van der Waals surface area contributed by atoms with Gasteiger partial charge in [0.1, 0.15) is 23.3 Å². The van der Waals surface area contributed by atoms with E-state index >= 15 is 0 Å². The van der Waals surface area contributed by atoms with Gasteiger partial charge in [-0.2, -0.15) is 9.78 Å². The second kappa shape index (κ2) is 9.88. The summed E-state index contributed by atoms with van der Waals surface area (Å²) in [6.45, 7) is 9.86. The lowest BCUT2D eigenvalue weighted by molar-refractivity contribution is 0.0518. The minimum atomic E-state index is -0.593. The molecule has 0 spiro atoms. The highest BCUT2D eigenvalue weighted by Crippen LogP contribution is 2.29. The molecule has 0 amide bonds. The standard InChI is InChI=1S/C25H26N6O4/c1-6-34-24(32)18-11-26-13-27-22(18)30-23-19(25(33)35-7-2)12-28-31(23)20-10-15(4)17-9-14(3)8-16(5)21(17)29-20/h8-13H,6-7H2,1-5H3,(H,26,27,30). The Labute approximate surface area is 202 Å². The maximum atomic E-state index is 12.7. The largest absolute Gasteiger partial charge is 0.462 e. The lowest BCUT2D eigenvalue weighted by Gasteiger charge is -2.14. The van der Waals surface area contributed by atoms with Crippen molar-refractivity contribution in [3.8, 4) is 5.82 Å². The second-order valence-corrected chi connectivity index (χ2v) is 7.94. The summed E-state index contributed by atoms with van der Waals surface area (Å²) >= 11 is 0. The molecule has 10 nitrogen and oxygen atoms in total. The molecule has 10 heteroatoms. The average molecular weight is 475 g/mol. The average Bonchev–Trinajstić information content (AvgIpc) is 3.24. The number of aromatic nitrogens is 5. The fraction of sp³-hybridized carbons (Fsp3) is 0.280. The van der Waals surface area contributed by atoms with E-state index in [9.17, 15) is 9.59 Å². The van der Waals surface area contributed by atoms with Gasteiger partial charge in [-0.25, -0.2) is 24.5 Å². The van der Waals surface area contributed by atoms with E-state index in [2.05, 4.69) is 32.5 Å². The topological polar surface area (TPSA) is 121 Å². The summed E-state index contributed by atoms with van der Waals surface area (Å²) in [7, 11) is 0. The van der Waals surface area contributed by atoms with Crippen molar-refractivity contribution in [3.63, 3.8) is 0 Å². The van der Waals surface area contributed by atoms with Crippen molar-refractivity contribution >= 4 is 34.5 Å². The predicted octanol–water partition coefficient (Wildman–Crippen LogP) is 4.23. The number of benzene rings is 1. The van der Waals surface area contributed by atoms with E-state index in [4.69, 9.17) is 14.5 Å². The fourth-order valence-corrected chi connectivity index (χ4v) is 3.84. The Morgan fingerprint density at radius 1 is 0.943 bits per heavy atom. The molecular weight excluding hydrogens is 448 g/mol. The quantitative estimate of drug-likeness (QED) is 0.392. The second-order valence-electron chi connectivity index (χ2n) is 7.94. The number of ether oxygens (including phenoxy) is 2. The summed E-state index contributed by atoms with van der Waals surface area (Å²) in [5, 5.41) is 8.53. The molecule has 180 valence electrons. The summed E-state index contributed by atoms with van der Waals surface area (Å²) < 4.78 is 11.8. The molecule has 0 atom stereocenters. The normalized spacial score (nSPS) is 10.9. The van der Waals surface area contributed by atoms with Gasteiger partial charge in [-0.15, -0.1) is 0 Å². The number of nitrogens with one attached hydrogen (secondary N) is 1. The first-order valence-electron chi connectivity index (χ1n) is 11.2. The van der Waals surface area contributed by atoms with Crippen LogP contribution in [0.25, 0.3) is 16.7 Å². The molecule has 0 aliphatic rings. The molecule has 0 aliphatic heterocycles. The van der Waals surface area contributed by atoms with Crippen LogP contribution < -0.4 is 5.32 Å². The number of hydrogen-bond acceptors (Lipinski definition) is 9. The third kappa shape index (κ3) is 4.68. The van der Waals surface area contributed by atoms with Crippen molar-refractivity contribution in [2.75, 3.05) is 18.5 Å². The van der Waals surface area contributed by atoms with Gasteiger partial charge in [0.2, 0.25) is 0 Å². The SMILES string of the molecule is CCOC(=O)c1cncnc1Nc1c(C(=O)OCC)cnn1-c1cc(C)c2cc(C)cc(C)c2n1. The first-order chi connectivity index (χ1) is 16.8. The summed E-state index contributed by atoms with van der Waals surface area (Å²) in [4.78, 5) is 38.2. The van der Waals surface area contributed by atoms with Crippen LogP contribution in [0.2, 0.25) is 0 Å². The van der Waals surface area contributed by atoms with Crippen LogP contribution >= 0.6 is 0 Å². The van der Waals surface area contributed by atoms with E-state index in [1.165, 1.54) is 23.4 Å². The zero-order valence-electron chi connectivity index (χ0n) is 20.2. The number of fused-ring (bicyclic) bond motifs is 1. The van der Waals surface area contributed by atoms with Crippen LogP contribution in [0, 0.1) is 20.8 Å². The van der Waals surface area contributed by atoms with Crippen molar-refractivity contribution in [1.29, 1.82) is 0 Å². The molecule has 35 heavy (non-hydrogen) atoms. The van der Waals surface area contributed by atoms with Gasteiger partial charge in [0, 0.05) is 11.6 Å². The molecule has 0 unspecified atom stereocenters. The number of aryl methyl sites for hydroxylation is 3. The van der Waals surface area contributed by atoms with Crippen LogP contribution in [0.4, 0.5) is 11.6 Å². The molecule has 1 aromatic carbocycles. The predicted molar refractivity (Wildman–Crippen MR) is 130 cm³/mol. The molecular formula is C25H26N6O4. The summed E-state index contributed by atoms with van der Waals surface area (Å²) in [5.41, 5.74) is 4.29. The molecule has 0 radical (unpaired) electrons. The summed E-state index contributed by atoms with van der Waals surface area (Å²) in [6, 6.07) is 6.05. The van der Waals surface area contributed by atoms with Crippen LogP contribution in [-0.4, -0.2) is 49.9 Å². The minimum Gasteiger partial charge on any atom is -0.462 e. The van der Waals surface area contributed by atoms with E-state index in [0.29, 0.717) is 5.82 Å². The molecule has 0 saturated heterocycles. The first-order valence-corrected chi connectivity index (χ1v) is 11.2. The highest BCUT2D eigenvalue weighted by molar-refractivity contribution is 5.98. The van der Waals surface area contributed by atoms with Crippen LogP contribution in [0.15, 0.2) is 36.9 Å². The Hall–Kier alpha value is -4.34. The van der Waals surface area contributed by atoms with Gasteiger partial charge < -0.3 is 14.8 Å². The van der Waals surface area contributed by atoms with E-state index < -0.39 is 11.9 Å². The Morgan fingerprint density at radius 2 is 1.66 bits per heavy atom. The van der Waals surface area contributed by atoms with E-state index in [1.807, 2.05) is 26.8 Å². The molecule has 0 bridgehead atoms. The fourth-order valence-electron chi connectivity index (χ4n) is 3.84. The number of rotatable bonds is 7. The van der Waals surface area contributed by atoms with Gasteiger partial charge >= 0.3 is 11.9 Å². The molecule has 0 fully saturated rings. The number of hydrogen-bond donors (Lipinski definition) is 1. The molecule has 4 rings (SSSR count). The van der Waals surface area contributed by atoms with Gasteiger partial charge in [0.25, 0.3) is 0 Å². The smallest absolute Gasteiger partial charge is 0.343 e. The zero-order valence-corrected chi connectivity index (χ0v) is 20.2. The van der Waals surface area contributed by atoms with Gasteiger partial charge in [0.15, 0.2) is 11.6 Å². The Morgan fingerprint density at radius 3 is 2.37 bits per heavy atom. The number of carbonyl (C=O) groups excluding carboxylic acids is 2. The van der Waals surface area contributed by atoms with Gasteiger partial charge in [-0.05, 0) is 57.9 Å². The lowest BCUT2D eigenvalue weighted by atomic mass is 10.0.